The Bertz CT molecular complexity index is 2320. The van der Waals surface area contributed by atoms with Gasteiger partial charge in [0.25, 0.3) is 11.8 Å². The first-order chi connectivity index (χ1) is 30.7. The monoisotopic (exact) mass is 872 g/mol. The van der Waals surface area contributed by atoms with E-state index in [-0.39, 0.29) is 34.4 Å². The van der Waals surface area contributed by atoms with E-state index < -0.39 is 47.7 Å². The number of hydrogen-bond donors (Lipinski definition) is 6. The highest BCUT2D eigenvalue weighted by Gasteiger charge is 2.26. The molecular weight excluding hydrogens is 821 g/mol. The van der Waals surface area contributed by atoms with E-state index in [0.717, 1.165) is 11.1 Å². The number of carbonyl (C=O) groups is 6. The molecule has 5 aromatic rings. The third-order valence-corrected chi connectivity index (χ3v) is 10.3. The second-order valence-electron chi connectivity index (χ2n) is 14.7. The first-order valence-corrected chi connectivity index (χ1v) is 20.2. The van der Waals surface area contributed by atoms with E-state index in [0.29, 0.717) is 34.1 Å². The van der Waals surface area contributed by atoms with E-state index >= 15 is 0 Å². The fraction of sp³-hybridized carbons (Fsp3) is 0.250. The van der Waals surface area contributed by atoms with Crippen molar-refractivity contribution in [2.45, 2.75) is 51.6 Å². The highest BCUT2D eigenvalue weighted by Crippen LogP contribution is 2.34. The zero-order chi connectivity index (χ0) is 46.5. The van der Waals surface area contributed by atoms with E-state index in [4.69, 9.17) is 18.9 Å². The SMILES string of the molecule is COC(=O)[C@H](C)NC(=O)c1cc(Nc2ccc(Nc3ccccc3[C@H](C)C(=O)OC)cc2)c(C(=O)N[C@@H](C)C(=O)OC)cc1Nc1ccc(Nc2ccccc2[C@H](C)C(=O)OC)cc1. The molecule has 4 atom stereocenters. The minimum atomic E-state index is -1.03. The maximum atomic E-state index is 14.0. The quantitative estimate of drug-likeness (QED) is 0.0367. The van der Waals surface area contributed by atoms with Crippen LogP contribution in [0, 0.1) is 0 Å². The molecule has 0 saturated carbocycles. The lowest BCUT2D eigenvalue weighted by molar-refractivity contribution is -0.143. The van der Waals surface area contributed by atoms with Crippen LogP contribution in [0.1, 0.15) is 71.4 Å². The minimum Gasteiger partial charge on any atom is -0.469 e. The Kier molecular flexibility index (Phi) is 16.0. The summed E-state index contributed by atoms with van der Waals surface area (Å²) in [5.41, 5.74) is 5.83. The summed E-state index contributed by atoms with van der Waals surface area (Å²) in [4.78, 5) is 77.5. The molecule has 0 aliphatic rings. The molecule has 2 amide bonds. The number of benzene rings is 5. The summed E-state index contributed by atoms with van der Waals surface area (Å²) in [5.74, 6) is -4.45. The van der Waals surface area contributed by atoms with Crippen molar-refractivity contribution >= 4 is 81.2 Å². The maximum Gasteiger partial charge on any atom is 0.328 e. The van der Waals surface area contributed by atoms with Gasteiger partial charge in [-0.15, -0.1) is 0 Å². The zero-order valence-electron chi connectivity index (χ0n) is 36.8. The summed E-state index contributed by atoms with van der Waals surface area (Å²) in [5, 5.41) is 18.5. The molecule has 16 heteroatoms. The number of nitrogens with one attached hydrogen (secondary N) is 6. The average molecular weight is 873 g/mol. The summed E-state index contributed by atoms with van der Waals surface area (Å²) >= 11 is 0. The second-order valence-corrected chi connectivity index (χ2v) is 14.7. The van der Waals surface area contributed by atoms with Crippen molar-refractivity contribution < 1.29 is 47.7 Å². The molecule has 0 aromatic heterocycles. The van der Waals surface area contributed by atoms with Crippen molar-refractivity contribution in [2.24, 2.45) is 0 Å². The largest absolute Gasteiger partial charge is 0.469 e. The third kappa shape index (κ3) is 11.7. The number of para-hydroxylation sites is 2. The lowest BCUT2D eigenvalue weighted by atomic mass is 9.99. The maximum absolute atomic E-state index is 14.0. The Labute approximate surface area is 371 Å². The van der Waals surface area contributed by atoms with Gasteiger partial charge in [0.05, 0.1) is 62.8 Å². The molecule has 0 aliphatic carbocycles. The van der Waals surface area contributed by atoms with Gasteiger partial charge < -0.3 is 50.8 Å². The van der Waals surface area contributed by atoms with E-state index in [1.54, 1.807) is 62.4 Å². The fourth-order valence-corrected chi connectivity index (χ4v) is 6.68. The molecule has 0 spiro atoms. The summed E-state index contributed by atoms with van der Waals surface area (Å²) in [6.45, 7) is 6.48. The van der Waals surface area contributed by atoms with Crippen molar-refractivity contribution in [3.8, 4) is 0 Å². The van der Waals surface area contributed by atoms with Crippen LogP contribution in [0.15, 0.2) is 109 Å². The predicted octanol–water partition coefficient (Wildman–Crippen LogP) is 7.80. The van der Waals surface area contributed by atoms with Crippen molar-refractivity contribution in [1.29, 1.82) is 0 Å². The number of hydrogen-bond acceptors (Lipinski definition) is 14. The highest BCUT2D eigenvalue weighted by atomic mass is 16.5. The molecule has 0 radical (unpaired) electrons. The van der Waals surface area contributed by atoms with Gasteiger partial charge in [0.2, 0.25) is 0 Å². The average Bonchev–Trinajstić information content (AvgIpc) is 3.31. The number of rotatable bonds is 18. The number of amides is 2. The first kappa shape index (κ1) is 47.2. The molecule has 64 heavy (non-hydrogen) atoms. The van der Waals surface area contributed by atoms with Crippen molar-refractivity contribution in [3.63, 3.8) is 0 Å². The summed E-state index contributed by atoms with van der Waals surface area (Å²) in [6.07, 6.45) is 0. The topological polar surface area (TPSA) is 212 Å². The molecule has 0 bridgehead atoms. The molecule has 0 fully saturated rings. The van der Waals surface area contributed by atoms with Crippen LogP contribution in [0.25, 0.3) is 0 Å². The van der Waals surface area contributed by atoms with Gasteiger partial charge in [-0.25, -0.2) is 9.59 Å². The Hall–Kier alpha value is -7.88. The van der Waals surface area contributed by atoms with Crippen LogP contribution in [-0.2, 0) is 38.1 Å². The normalized spacial score (nSPS) is 12.5. The van der Waals surface area contributed by atoms with E-state index in [1.165, 1.54) is 54.4 Å². The van der Waals surface area contributed by atoms with Crippen LogP contribution in [0.2, 0.25) is 0 Å². The summed E-state index contributed by atoms with van der Waals surface area (Å²) < 4.78 is 19.6. The summed E-state index contributed by atoms with van der Waals surface area (Å²) in [6, 6.07) is 29.8. The molecule has 0 aliphatic heterocycles. The molecule has 0 unspecified atom stereocenters. The smallest absolute Gasteiger partial charge is 0.328 e. The van der Waals surface area contributed by atoms with Crippen LogP contribution in [0.3, 0.4) is 0 Å². The molecule has 5 rings (SSSR count). The minimum absolute atomic E-state index is 0.0540. The Balaban J connectivity index is 1.51. The molecule has 334 valence electrons. The first-order valence-electron chi connectivity index (χ1n) is 20.2. The van der Waals surface area contributed by atoms with Crippen LogP contribution in [-0.4, -0.2) is 76.2 Å². The number of esters is 4. The molecular formula is C48H52N6O10. The van der Waals surface area contributed by atoms with Crippen molar-refractivity contribution in [1.82, 2.24) is 10.6 Å². The number of anilines is 8. The molecule has 5 aromatic carbocycles. The van der Waals surface area contributed by atoms with E-state index in [2.05, 4.69) is 31.9 Å². The lowest BCUT2D eigenvalue weighted by Crippen LogP contribution is -2.40. The molecule has 6 N–H and O–H groups in total. The summed E-state index contributed by atoms with van der Waals surface area (Å²) in [7, 11) is 5.10. The van der Waals surface area contributed by atoms with Crippen LogP contribution in [0.5, 0.6) is 0 Å². The lowest BCUT2D eigenvalue weighted by Gasteiger charge is -2.21. The van der Waals surface area contributed by atoms with Gasteiger partial charge in [-0.1, -0.05) is 36.4 Å². The van der Waals surface area contributed by atoms with Gasteiger partial charge in [-0.2, -0.15) is 0 Å². The van der Waals surface area contributed by atoms with Gasteiger partial charge in [0.1, 0.15) is 12.1 Å². The Morgan fingerprint density at radius 1 is 0.391 bits per heavy atom. The Morgan fingerprint density at radius 2 is 0.672 bits per heavy atom. The van der Waals surface area contributed by atoms with Crippen molar-refractivity contribution in [3.05, 3.63) is 131 Å². The van der Waals surface area contributed by atoms with Crippen molar-refractivity contribution in [2.75, 3.05) is 49.7 Å². The van der Waals surface area contributed by atoms with Gasteiger partial charge in [-0.3, -0.25) is 19.2 Å². The van der Waals surface area contributed by atoms with Gasteiger partial charge in [0.15, 0.2) is 0 Å². The Morgan fingerprint density at radius 3 is 0.969 bits per heavy atom. The fourth-order valence-electron chi connectivity index (χ4n) is 6.68. The molecule has 16 nitrogen and oxygen atoms in total. The number of carbonyl (C=O) groups excluding carboxylic acids is 6. The zero-order valence-corrected chi connectivity index (χ0v) is 36.8. The van der Waals surface area contributed by atoms with Crippen LogP contribution in [0.4, 0.5) is 45.5 Å². The second kappa shape index (κ2) is 21.8. The standard InChI is InChI=1S/C48H52N6O10/c1-27(45(57)61-5)35-13-9-11-15-39(35)51-31-17-21-33(22-18-31)53-41-25-38(44(56)50-30(4)48(60)64-8)42(26-37(41)43(55)49-29(3)47(59)63-7)54-34-23-19-32(20-24-34)52-40-16-12-10-14-36(40)28(2)46(58)62-6/h9-30,51-54H,1-8H3,(H,49,55)(H,50,56)/t27-,28-,29-,30-/m0/s1. The van der Waals surface area contributed by atoms with Crippen LogP contribution < -0.4 is 31.9 Å². The predicted molar refractivity (Wildman–Crippen MR) is 244 cm³/mol. The van der Waals surface area contributed by atoms with Gasteiger partial charge in [0, 0.05) is 34.1 Å². The third-order valence-electron chi connectivity index (χ3n) is 10.3. The molecule has 0 heterocycles. The van der Waals surface area contributed by atoms with E-state index in [9.17, 15) is 28.8 Å². The molecule has 0 saturated heterocycles. The van der Waals surface area contributed by atoms with Gasteiger partial charge >= 0.3 is 23.9 Å². The number of methoxy groups -OCH3 is 4. The van der Waals surface area contributed by atoms with Crippen LogP contribution >= 0.6 is 0 Å². The highest BCUT2D eigenvalue weighted by molar-refractivity contribution is 6.09. The number of ether oxygens (including phenoxy) is 4. The van der Waals surface area contributed by atoms with Gasteiger partial charge in [-0.05, 0) is 112 Å². The van der Waals surface area contributed by atoms with E-state index in [1.807, 2.05) is 48.5 Å².